The van der Waals surface area contributed by atoms with Gasteiger partial charge in [0.25, 0.3) is 0 Å². The highest BCUT2D eigenvalue weighted by Gasteiger charge is 2.09. The predicted molar refractivity (Wildman–Crippen MR) is 72.5 cm³/mol. The molecule has 0 saturated heterocycles. The van der Waals surface area contributed by atoms with Crippen LogP contribution in [-0.4, -0.2) is 0 Å². The summed E-state index contributed by atoms with van der Waals surface area (Å²) in [5.41, 5.74) is 1.46. The molecule has 2 rings (SSSR count). The third kappa shape index (κ3) is 3.07. The lowest BCUT2D eigenvalue weighted by Gasteiger charge is -2.17. The number of benzene rings is 2. The molecule has 0 radical (unpaired) electrons. The Morgan fingerprint density at radius 2 is 1.78 bits per heavy atom. The van der Waals surface area contributed by atoms with E-state index < -0.39 is 0 Å². The summed E-state index contributed by atoms with van der Waals surface area (Å²) in [6.45, 7) is 1.89. The van der Waals surface area contributed by atoms with Gasteiger partial charge in [0.15, 0.2) is 0 Å². The quantitative estimate of drug-likeness (QED) is 0.850. The molecule has 0 fully saturated rings. The van der Waals surface area contributed by atoms with E-state index in [1.807, 2.05) is 13.0 Å². The molecular formula is C14H12BrF2N. The summed E-state index contributed by atoms with van der Waals surface area (Å²) >= 11 is 3.34. The Hall–Kier alpha value is -1.42. The number of halogens is 3. The molecule has 0 amide bonds. The largest absolute Gasteiger partial charge is 0.378 e. The van der Waals surface area contributed by atoms with E-state index in [1.165, 1.54) is 24.3 Å². The summed E-state index contributed by atoms with van der Waals surface area (Å²) < 4.78 is 27.0. The van der Waals surface area contributed by atoms with E-state index in [1.54, 1.807) is 12.1 Å². The van der Waals surface area contributed by atoms with Gasteiger partial charge in [-0.3, -0.25) is 0 Å². The molecule has 0 bridgehead atoms. The van der Waals surface area contributed by atoms with Crippen LogP contribution in [0, 0.1) is 11.6 Å². The van der Waals surface area contributed by atoms with Gasteiger partial charge in [-0.1, -0.05) is 12.1 Å². The first-order valence-corrected chi connectivity index (χ1v) is 6.32. The summed E-state index contributed by atoms with van der Waals surface area (Å²) in [7, 11) is 0. The molecule has 0 aromatic heterocycles. The maximum atomic E-state index is 13.1. The van der Waals surface area contributed by atoms with Gasteiger partial charge in [0, 0.05) is 10.5 Å². The van der Waals surface area contributed by atoms with Crippen molar-refractivity contribution in [1.29, 1.82) is 0 Å². The van der Waals surface area contributed by atoms with Gasteiger partial charge in [-0.05, 0) is 58.7 Å². The lowest BCUT2D eigenvalue weighted by molar-refractivity contribution is 0.622. The van der Waals surface area contributed by atoms with E-state index in [2.05, 4.69) is 21.2 Å². The fourth-order valence-corrected chi connectivity index (χ4v) is 2.06. The van der Waals surface area contributed by atoms with E-state index in [9.17, 15) is 8.78 Å². The van der Waals surface area contributed by atoms with Gasteiger partial charge in [-0.25, -0.2) is 8.78 Å². The average Bonchev–Trinajstić information content (AvgIpc) is 2.34. The van der Waals surface area contributed by atoms with E-state index in [0.29, 0.717) is 5.69 Å². The predicted octanol–water partition coefficient (Wildman–Crippen LogP) is 4.90. The minimum absolute atomic E-state index is 0.112. The van der Waals surface area contributed by atoms with E-state index in [4.69, 9.17) is 0 Å². The van der Waals surface area contributed by atoms with Crippen molar-refractivity contribution in [2.75, 3.05) is 5.32 Å². The number of nitrogens with one attached hydrogen (secondary N) is 1. The molecule has 2 aromatic carbocycles. The highest BCUT2D eigenvalue weighted by molar-refractivity contribution is 9.10. The van der Waals surface area contributed by atoms with Crippen LogP contribution in [0.3, 0.4) is 0 Å². The molecule has 2 aromatic rings. The molecule has 0 aliphatic carbocycles. The molecule has 0 heterocycles. The Labute approximate surface area is 113 Å². The summed E-state index contributed by atoms with van der Waals surface area (Å²) in [6.07, 6.45) is 0. The normalized spacial score (nSPS) is 12.2. The van der Waals surface area contributed by atoms with Crippen LogP contribution in [0.15, 0.2) is 46.9 Å². The van der Waals surface area contributed by atoms with Crippen LogP contribution < -0.4 is 5.32 Å². The standard InChI is InChI=1S/C14H12BrF2N/c1-9(10-3-2-4-11(16)7-10)18-14-8-12(17)5-6-13(14)15/h2-9,18H,1H3. The zero-order chi connectivity index (χ0) is 13.1. The molecule has 0 saturated carbocycles. The fourth-order valence-electron chi connectivity index (χ4n) is 1.70. The zero-order valence-corrected chi connectivity index (χ0v) is 11.3. The second-order valence-corrected chi connectivity index (χ2v) is 4.90. The molecule has 1 atom stereocenters. The highest BCUT2D eigenvalue weighted by Crippen LogP contribution is 2.27. The fraction of sp³-hybridized carbons (Fsp3) is 0.143. The van der Waals surface area contributed by atoms with Crippen molar-refractivity contribution in [2.45, 2.75) is 13.0 Å². The molecule has 0 spiro atoms. The van der Waals surface area contributed by atoms with Gasteiger partial charge in [0.2, 0.25) is 0 Å². The molecule has 1 N–H and O–H groups in total. The second-order valence-electron chi connectivity index (χ2n) is 4.05. The van der Waals surface area contributed by atoms with Crippen molar-refractivity contribution in [3.63, 3.8) is 0 Å². The summed E-state index contributed by atoms with van der Waals surface area (Å²) in [6, 6.07) is 10.6. The third-order valence-electron chi connectivity index (χ3n) is 2.65. The molecule has 1 unspecified atom stereocenters. The molecule has 4 heteroatoms. The van der Waals surface area contributed by atoms with Gasteiger partial charge in [-0.2, -0.15) is 0 Å². The number of hydrogen-bond acceptors (Lipinski definition) is 1. The first-order chi connectivity index (χ1) is 8.56. The van der Waals surface area contributed by atoms with E-state index >= 15 is 0 Å². The topological polar surface area (TPSA) is 12.0 Å². The minimum Gasteiger partial charge on any atom is -0.378 e. The maximum Gasteiger partial charge on any atom is 0.125 e. The summed E-state index contributed by atoms with van der Waals surface area (Å²) in [5, 5.41) is 3.14. The van der Waals surface area contributed by atoms with Crippen LogP contribution in [0.5, 0.6) is 0 Å². The molecule has 0 aliphatic heterocycles. The van der Waals surface area contributed by atoms with E-state index in [-0.39, 0.29) is 17.7 Å². The number of rotatable bonds is 3. The van der Waals surface area contributed by atoms with Crippen molar-refractivity contribution < 1.29 is 8.78 Å². The van der Waals surface area contributed by atoms with Gasteiger partial charge in [-0.15, -0.1) is 0 Å². The smallest absolute Gasteiger partial charge is 0.125 e. The highest BCUT2D eigenvalue weighted by atomic mass is 79.9. The van der Waals surface area contributed by atoms with E-state index in [0.717, 1.165) is 10.0 Å². The molecular weight excluding hydrogens is 300 g/mol. The van der Waals surface area contributed by atoms with Crippen LogP contribution in [0.1, 0.15) is 18.5 Å². The SMILES string of the molecule is CC(Nc1cc(F)ccc1Br)c1cccc(F)c1. The number of hydrogen-bond donors (Lipinski definition) is 1. The van der Waals surface area contributed by atoms with Gasteiger partial charge in [0.05, 0.1) is 5.69 Å². The lowest BCUT2D eigenvalue weighted by Crippen LogP contribution is -2.07. The lowest BCUT2D eigenvalue weighted by atomic mass is 10.1. The van der Waals surface area contributed by atoms with Crippen molar-refractivity contribution in [3.05, 3.63) is 64.1 Å². The van der Waals surface area contributed by atoms with Crippen LogP contribution in [0.2, 0.25) is 0 Å². The van der Waals surface area contributed by atoms with Crippen LogP contribution in [-0.2, 0) is 0 Å². The minimum atomic E-state index is -0.313. The van der Waals surface area contributed by atoms with Crippen LogP contribution in [0.25, 0.3) is 0 Å². The summed E-state index contributed by atoms with van der Waals surface area (Å²) in [5.74, 6) is -0.591. The second kappa shape index (κ2) is 5.48. The van der Waals surface area contributed by atoms with Gasteiger partial charge >= 0.3 is 0 Å². The first kappa shape index (κ1) is 13.0. The molecule has 0 aliphatic rings. The zero-order valence-electron chi connectivity index (χ0n) is 9.75. The molecule has 1 nitrogen and oxygen atoms in total. The maximum absolute atomic E-state index is 13.1. The summed E-state index contributed by atoms with van der Waals surface area (Å²) in [4.78, 5) is 0. The van der Waals surface area contributed by atoms with Gasteiger partial charge < -0.3 is 5.32 Å². The average molecular weight is 312 g/mol. The first-order valence-electron chi connectivity index (χ1n) is 5.53. The Morgan fingerprint density at radius 3 is 2.50 bits per heavy atom. The van der Waals surface area contributed by atoms with Crippen LogP contribution in [0.4, 0.5) is 14.5 Å². The molecule has 18 heavy (non-hydrogen) atoms. The Kier molecular flexibility index (Phi) is 3.97. The Bertz CT molecular complexity index is 557. The third-order valence-corrected chi connectivity index (χ3v) is 3.34. The van der Waals surface area contributed by atoms with Crippen molar-refractivity contribution in [3.8, 4) is 0 Å². The van der Waals surface area contributed by atoms with Crippen molar-refractivity contribution in [1.82, 2.24) is 0 Å². The van der Waals surface area contributed by atoms with Crippen LogP contribution >= 0.6 is 15.9 Å². The van der Waals surface area contributed by atoms with Crippen molar-refractivity contribution >= 4 is 21.6 Å². The van der Waals surface area contributed by atoms with Crippen molar-refractivity contribution in [2.24, 2.45) is 0 Å². The Morgan fingerprint density at radius 1 is 1.06 bits per heavy atom. The monoisotopic (exact) mass is 311 g/mol. The number of anilines is 1. The molecule has 94 valence electrons. The van der Waals surface area contributed by atoms with Gasteiger partial charge in [0.1, 0.15) is 11.6 Å². The Balaban J connectivity index is 2.21.